The number of fused-ring (bicyclic) bond motifs is 3. The lowest BCUT2D eigenvalue weighted by molar-refractivity contribution is 0.0659. The highest BCUT2D eigenvalue weighted by molar-refractivity contribution is 5.79. The Labute approximate surface area is 208 Å². The average molecular weight is 490 g/mol. The van der Waals surface area contributed by atoms with Gasteiger partial charge in [-0.2, -0.15) is 9.97 Å². The summed E-state index contributed by atoms with van der Waals surface area (Å²) in [5.74, 6) is 0.813. The van der Waals surface area contributed by atoms with Gasteiger partial charge in [0, 0.05) is 36.1 Å². The summed E-state index contributed by atoms with van der Waals surface area (Å²) in [6.45, 7) is 2.06. The molecule has 2 aliphatic heterocycles. The number of ether oxygens (including phenoxy) is 2. The van der Waals surface area contributed by atoms with Crippen LogP contribution in [0.5, 0.6) is 11.8 Å². The summed E-state index contributed by atoms with van der Waals surface area (Å²) in [7, 11) is 3.71. The minimum absolute atomic E-state index is 0.123. The number of piperidine rings is 1. The Bertz CT molecular complexity index is 1400. The van der Waals surface area contributed by atoms with E-state index in [9.17, 15) is 0 Å². The van der Waals surface area contributed by atoms with Gasteiger partial charge in [-0.3, -0.25) is 0 Å². The van der Waals surface area contributed by atoms with Crippen LogP contribution in [0.1, 0.15) is 36.9 Å². The summed E-state index contributed by atoms with van der Waals surface area (Å²) in [5.41, 5.74) is 3.04. The summed E-state index contributed by atoms with van der Waals surface area (Å²) in [6, 6.07) is 6.47. The molecule has 1 aromatic carbocycles. The number of imidazole rings is 1. The van der Waals surface area contributed by atoms with Crippen LogP contribution in [0.4, 0.5) is 4.39 Å². The van der Waals surface area contributed by atoms with Gasteiger partial charge >= 0.3 is 6.01 Å². The molecule has 1 unspecified atom stereocenters. The van der Waals surface area contributed by atoms with E-state index in [2.05, 4.69) is 31.9 Å². The van der Waals surface area contributed by atoms with E-state index in [0.29, 0.717) is 51.6 Å². The zero-order chi connectivity index (χ0) is 24.8. The molecule has 0 saturated carbocycles. The lowest BCUT2D eigenvalue weighted by atomic mass is 10.0. The van der Waals surface area contributed by atoms with E-state index < -0.39 is 0 Å². The van der Waals surface area contributed by atoms with Crippen molar-refractivity contribution in [2.24, 2.45) is 0 Å². The van der Waals surface area contributed by atoms with Gasteiger partial charge in [-0.1, -0.05) is 6.07 Å². The Kier molecular flexibility index (Phi) is 5.75. The molecular formula is C26H28FN7O2. The third kappa shape index (κ3) is 4.05. The second-order valence-corrected chi connectivity index (χ2v) is 9.63. The molecule has 5 heterocycles. The van der Waals surface area contributed by atoms with E-state index in [1.165, 1.54) is 32.3 Å². The van der Waals surface area contributed by atoms with Crippen LogP contribution in [0.3, 0.4) is 0 Å². The molecule has 3 atom stereocenters. The lowest BCUT2D eigenvalue weighted by Gasteiger charge is -2.36. The number of halogens is 1. The maximum absolute atomic E-state index is 15.4. The van der Waals surface area contributed by atoms with Crippen molar-refractivity contribution in [3.63, 3.8) is 0 Å². The van der Waals surface area contributed by atoms with Crippen LogP contribution in [-0.2, 0) is 6.54 Å². The topological polar surface area (TPSA) is 91.1 Å². The third-order valence-corrected chi connectivity index (χ3v) is 7.46. The lowest BCUT2D eigenvalue weighted by Crippen LogP contribution is -2.43. The quantitative estimate of drug-likeness (QED) is 0.404. The van der Waals surface area contributed by atoms with Crippen LogP contribution < -0.4 is 9.47 Å². The monoisotopic (exact) mass is 489 g/mol. The van der Waals surface area contributed by atoms with Crippen molar-refractivity contribution in [2.75, 3.05) is 14.2 Å². The van der Waals surface area contributed by atoms with E-state index in [1.807, 2.05) is 17.6 Å². The maximum atomic E-state index is 15.4. The van der Waals surface area contributed by atoms with Crippen LogP contribution in [0.2, 0.25) is 0 Å². The Hall–Kier alpha value is -3.66. The molecular weight excluding hydrogens is 461 g/mol. The average Bonchev–Trinajstić information content (AvgIpc) is 3.33. The summed E-state index contributed by atoms with van der Waals surface area (Å²) in [4.78, 5) is 24.3. The van der Waals surface area contributed by atoms with Crippen LogP contribution >= 0.6 is 0 Å². The highest BCUT2D eigenvalue weighted by atomic mass is 19.1. The molecule has 6 rings (SSSR count). The van der Waals surface area contributed by atoms with Crippen molar-refractivity contribution < 1.29 is 13.9 Å². The predicted octanol–water partition coefficient (Wildman–Crippen LogP) is 3.79. The molecule has 2 saturated heterocycles. The fourth-order valence-electron chi connectivity index (χ4n) is 5.54. The zero-order valence-corrected chi connectivity index (χ0v) is 20.6. The molecule has 0 amide bonds. The van der Waals surface area contributed by atoms with Crippen LogP contribution in [0.25, 0.3) is 22.6 Å². The smallest absolute Gasteiger partial charge is 0.318 e. The van der Waals surface area contributed by atoms with Crippen LogP contribution in [-0.4, -0.2) is 66.7 Å². The molecule has 2 bridgehead atoms. The zero-order valence-electron chi connectivity index (χ0n) is 20.6. The second-order valence-electron chi connectivity index (χ2n) is 9.63. The minimum Gasteiger partial charge on any atom is -0.490 e. The number of aromatic nitrogens is 6. The van der Waals surface area contributed by atoms with Gasteiger partial charge in [0.15, 0.2) is 5.65 Å². The fraction of sp³-hybridized carbons (Fsp3) is 0.423. The SMILES string of the molecule is COc1nc(C)c2nc(-c3cncnc3)n(Cc3ccc(OC4C[C@H]5CC[C@@H](C4)N5C)cc3F)c2n1. The molecule has 36 heavy (non-hydrogen) atoms. The van der Waals surface area contributed by atoms with E-state index in [4.69, 9.17) is 14.5 Å². The van der Waals surface area contributed by atoms with Gasteiger partial charge in [-0.25, -0.2) is 19.3 Å². The molecule has 0 N–H and O–H groups in total. The van der Waals surface area contributed by atoms with Gasteiger partial charge in [-0.05, 0) is 45.7 Å². The van der Waals surface area contributed by atoms with Crippen molar-refractivity contribution in [3.8, 4) is 23.1 Å². The molecule has 0 spiro atoms. The molecule has 0 radical (unpaired) electrons. The summed E-state index contributed by atoms with van der Waals surface area (Å²) >= 11 is 0. The Morgan fingerprint density at radius 2 is 1.81 bits per heavy atom. The first kappa shape index (κ1) is 22.8. The van der Waals surface area contributed by atoms with Gasteiger partial charge < -0.3 is 18.9 Å². The highest BCUT2D eigenvalue weighted by Gasteiger charge is 2.39. The van der Waals surface area contributed by atoms with Gasteiger partial charge in [0.1, 0.15) is 35.3 Å². The van der Waals surface area contributed by atoms with Crippen molar-refractivity contribution in [2.45, 2.75) is 57.3 Å². The molecule has 2 fully saturated rings. The molecule has 186 valence electrons. The molecule has 2 aliphatic rings. The number of aryl methyl sites for hydroxylation is 1. The first-order valence-corrected chi connectivity index (χ1v) is 12.2. The summed E-state index contributed by atoms with van der Waals surface area (Å²) in [6.07, 6.45) is 9.34. The van der Waals surface area contributed by atoms with Crippen molar-refractivity contribution >= 4 is 11.2 Å². The van der Waals surface area contributed by atoms with Crippen LogP contribution in [0, 0.1) is 12.7 Å². The first-order valence-electron chi connectivity index (χ1n) is 12.2. The van der Waals surface area contributed by atoms with E-state index in [1.54, 1.807) is 18.5 Å². The number of rotatable bonds is 6. The highest BCUT2D eigenvalue weighted by Crippen LogP contribution is 2.36. The minimum atomic E-state index is -0.335. The summed E-state index contributed by atoms with van der Waals surface area (Å²) in [5, 5.41) is 0. The van der Waals surface area contributed by atoms with Gasteiger partial charge in [-0.15, -0.1) is 0 Å². The van der Waals surface area contributed by atoms with Crippen molar-refractivity contribution in [1.29, 1.82) is 0 Å². The maximum Gasteiger partial charge on any atom is 0.318 e. The van der Waals surface area contributed by atoms with Crippen molar-refractivity contribution in [1.82, 2.24) is 34.4 Å². The number of hydrogen-bond acceptors (Lipinski definition) is 8. The predicted molar refractivity (Wildman–Crippen MR) is 131 cm³/mol. The van der Waals surface area contributed by atoms with Gasteiger partial charge in [0.05, 0.1) is 24.9 Å². The summed E-state index contributed by atoms with van der Waals surface area (Å²) < 4.78 is 28.7. The fourth-order valence-corrected chi connectivity index (χ4v) is 5.54. The molecule has 3 aromatic heterocycles. The van der Waals surface area contributed by atoms with Crippen molar-refractivity contribution in [3.05, 3.63) is 54.0 Å². The molecule has 0 aliphatic carbocycles. The van der Waals surface area contributed by atoms with Gasteiger partial charge in [0.25, 0.3) is 0 Å². The molecule has 4 aromatic rings. The Balaban J connectivity index is 1.32. The number of nitrogens with zero attached hydrogens (tertiary/aromatic N) is 7. The first-order chi connectivity index (χ1) is 17.5. The molecule has 10 heteroatoms. The second kappa shape index (κ2) is 9.09. The van der Waals surface area contributed by atoms with Crippen LogP contribution in [0.15, 0.2) is 36.9 Å². The normalized spacial score (nSPS) is 21.7. The number of methoxy groups -OCH3 is 1. The Morgan fingerprint density at radius 3 is 2.50 bits per heavy atom. The Morgan fingerprint density at radius 1 is 1.06 bits per heavy atom. The number of benzene rings is 1. The van der Waals surface area contributed by atoms with Gasteiger partial charge in [0.2, 0.25) is 0 Å². The third-order valence-electron chi connectivity index (χ3n) is 7.46. The standard InChI is InChI=1S/C26H28FN7O2/c1-15-23-25(32-26(30-15)35-3)34(24(31-23)17-11-28-14-29-12-17)13-16-4-7-20(10-22(16)27)36-21-8-18-5-6-19(9-21)33(18)2/h4,7,10-12,14,18-19,21H,5-6,8-9,13H2,1-3H3/t18-,19+,21?. The van der Waals surface area contributed by atoms with E-state index >= 15 is 4.39 Å². The van der Waals surface area contributed by atoms with E-state index in [-0.39, 0.29) is 24.5 Å². The van der Waals surface area contributed by atoms with E-state index in [0.717, 1.165) is 12.8 Å². The molecule has 9 nitrogen and oxygen atoms in total. The number of hydrogen-bond donors (Lipinski definition) is 0. The largest absolute Gasteiger partial charge is 0.490 e.